The van der Waals surface area contributed by atoms with Crippen molar-refractivity contribution < 1.29 is 0 Å². The van der Waals surface area contributed by atoms with Crippen LogP contribution in [0.2, 0.25) is 0 Å². The monoisotopic (exact) mass is 354 g/mol. The van der Waals surface area contributed by atoms with Gasteiger partial charge in [0.05, 0.1) is 17.5 Å². The van der Waals surface area contributed by atoms with E-state index in [4.69, 9.17) is 4.98 Å². The second-order valence-electron chi connectivity index (χ2n) is 4.53. The molecule has 0 saturated carbocycles. The molecule has 1 aliphatic rings. The summed E-state index contributed by atoms with van der Waals surface area (Å²) in [6, 6.07) is 8.82. The minimum absolute atomic E-state index is 0.485. The molecule has 5 heteroatoms. The van der Waals surface area contributed by atoms with Gasteiger partial charge in [-0.1, -0.05) is 12.1 Å². The quantitative estimate of drug-likeness (QED) is 0.810. The number of rotatable bonds is 4. The second kappa shape index (κ2) is 6.39. The van der Waals surface area contributed by atoms with E-state index in [1.807, 2.05) is 17.8 Å². The van der Waals surface area contributed by atoms with Crippen molar-refractivity contribution in [1.29, 1.82) is 0 Å². The Balaban J connectivity index is 1.63. The molecule has 1 atom stereocenters. The molecule has 2 nitrogen and oxygen atoms in total. The average Bonchev–Trinajstić information content (AvgIpc) is 3.09. The van der Waals surface area contributed by atoms with E-state index < -0.39 is 0 Å². The van der Waals surface area contributed by atoms with E-state index in [2.05, 4.69) is 44.8 Å². The van der Waals surface area contributed by atoms with Crippen LogP contribution in [0.4, 0.5) is 0 Å². The third-order valence-electron chi connectivity index (χ3n) is 3.17. The van der Waals surface area contributed by atoms with Crippen molar-refractivity contribution in [1.82, 2.24) is 10.3 Å². The number of benzene rings is 1. The van der Waals surface area contributed by atoms with Crippen molar-refractivity contribution in [2.45, 2.75) is 29.5 Å². The topological polar surface area (TPSA) is 24.9 Å². The number of halogens is 1. The fourth-order valence-electron chi connectivity index (χ4n) is 2.19. The van der Waals surface area contributed by atoms with Gasteiger partial charge in [-0.05, 0) is 47.4 Å². The molecule has 1 saturated heterocycles. The van der Waals surface area contributed by atoms with E-state index in [1.54, 1.807) is 11.3 Å². The highest BCUT2D eigenvalue weighted by Gasteiger charge is 2.18. The van der Waals surface area contributed by atoms with Gasteiger partial charge in [-0.3, -0.25) is 0 Å². The SMILES string of the molecule is Brc1ccccc1SCc1nc(C2CCCN2)cs1. The predicted molar refractivity (Wildman–Crippen MR) is 85.8 cm³/mol. The Labute approximate surface area is 130 Å². The van der Waals surface area contributed by atoms with Crippen LogP contribution in [0.1, 0.15) is 29.6 Å². The van der Waals surface area contributed by atoms with Gasteiger partial charge in [0.15, 0.2) is 0 Å². The van der Waals surface area contributed by atoms with E-state index in [0.717, 1.165) is 16.8 Å². The smallest absolute Gasteiger partial charge is 0.103 e. The van der Waals surface area contributed by atoms with Gasteiger partial charge in [-0.25, -0.2) is 4.98 Å². The van der Waals surface area contributed by atoms with Gasteiger partial charge in [0.2, 0.25) is 0 Å². The van der Waals surface area contributed by atoms with E-state index in [1.165, 1.54) is 28.4 Å². The van der Waals surface area contributed by atoms with Gasteiger partial charge in [0.1, 0.15) is 5.01 Å². The van der Waals surface area contributed by atoms with Crippen LogP contribution in [0.3, 0.4) is 0 Å². The van der Waals surface area contributed by atoms with Crippen molar-refractivity contribution in [2.75, 3.05) is 6.54 Å². The largest absolute Gasteiger partial charge is 0.309 e. The molecule has 1 fully saturated rings. The van der Waals surface area contributed by atoms with Crippen molar-refractivity contribution >= 4 is 39.0 Å². The number of hydrogen-bond donors (Lipinski definition) is 1. The molecule has 1 aromatic carbocycles. The van der Waals surface area contributed by atoms with Gasteiger partial charge in [0.25, 0.3) is 0 Å². The molecular weight excluding hydrogens is 340 g/mol. The second-order valence-corrected chi connectivity index (χ2v) is 7.35. The van der Waals surface area contributed by atoms with Crippen LogP contribution in [-0.4, -0.2) is 11.5 Å². The lowest BCUT2D eigenvalue weighted by Crippen LogP contribution is -2.13. The Hall–Kier alpha value is -0.360. The van der Waals surface area contributed by atoms with Crippen molar-refractivity contribution in [2.24, 2.45) is 0 Å². The lowest BCUT2D eigenvalue weighted by atomic mass is 10.2. The highest BCUT2D eigenvalue weighted by molar-refractivity contribution is 9.10. The standard InChI is InChI=1S/C14H15BrN2S2/c15-10-4-1-2-6-13(10)18-9-14-17-12(8-19-14)11-5-3-7-16-11/h1-2,4,6,8,11,16H,3,5,7,9H2. The molecule has 19 heavy (non-hydrogen) atoms. The zero-order chi connectivity index (χ0) is 13.1. The molecule has 0 radical (unpaired) electrons. The van der Waals surface area contributed by atoms with Crippen molar-refractivity contribution in [3.8, 4) is 0 Å². The van der Waals surface area contributed by atoms with Gasteiger partial charge >= 0.3 is 0 Å². The molecule has 1 aromatic heterocycles. The maximum Gasteiger partial charge on any atom is 0.103 e. The highest BCUT2D eigenvalue weighted by atomic mass is 79.9. The molecule has 2 aromatic rings. The fraction of sp³-hybridized carbons (Fsp3) is 0.357. The Bertz CT molecular complexity index is 550. The summed E-state index contributed by atoms with van der Waals surface area (Å²) in [4.78, 5) is 6.03. The molecule has 0 amide bonds. The average molecular weight is 355 g/mol. The fourth-order valence-corrected chi connectivity index (χ4v) is 4.62. The molecule has 100 valence electrons. The Morgan fingerprint density at radius 3 is 3.11 bits per heavy atom. The van der Waals surface area contributed by atoms with Crippen LogP contribution in [-0.2, 0) is 5.75 Å². The minimum Gasteiger partial charge on any atom is -0.309 e. The summed E-state index contributed by atoms with van der Waals surface area (Å²) < 4.78 is 1.16. The number of thioether (sulfide) groups is 1. The summed E-state index contributed by atoms with van der Waals surface area (Å²) in [5.74, 6) is 0.944. The summed E-state index contributed by atoms with van der Waals surface area (Å²) in [5, 5.41) is 6.92. The summed E-state index contributed by atoms with van der Waals surface area (Å²) in [7, 11) is 0. The molecule has 1 unspecified atom stereocenters. The third kappa shape index (κ3) is 3.40. The third-order valence-corrected chi connectivity index (χ3v) is 6.26. The maximum absolute atomic E-state index is 4.76. The van der Waals surface area contributed by atoms with Crippen LogP contribution in [0.5, 0.6) is 0 Å². The molecular formula is C14H15BrN2S2. The van der Waals surface area contributed by atoms with Gasteiger partial charge in [0, 0.05) is 14.7 Å². The van der Waals surface area contributed by atoms with Crippen molar-refractivity contribution in [3.63, 3.8) is 0 Å². The first kappa shape index (κ1) is 13.6. The van der Waals surface area contributed by atoms with E-state index in [0.29, 0.717) is 6.04 Å². The van der Waals surface area contributed by atoms with E-state index in [-0.39, 0.29) is 0 Å². The first-order valence-corrected chi connectivity index (χ1v) is 9.04. The molecule has 0 spiro atoms. The lowest BCUT2D eigenvalue weighted by molar-refractivity contribution is 0.630. The molecule has 3 rings (SSSR count). The van der Waals surface area contributed by atoms with Crippen LogP contribution in [0.15, 0.2) is 39.0 Å². The van der Waals surface area contributed by atoms with Crippen LogP contribution >= 0.6 is 39.0 Å². The minimum atomic E-state index is 0.485. The van der Waals surface area contributed by atoms with Crippen LogP contribution < -0.4 is 5.32 Å². The summed E-state index contributed by atoms with van der Waals surface area (Å²) in [5.41, 5.74) is 1.23. The Morgan fingerprint density at radius 1 is 1.42 bits per heavy atom. The summed E-state index contributed by atoms with van der Waals surface area (Å²) in [6.07, 6.45) is 2.49. The Kier molecular flexibility index (Phi) is 4.58. The zero-order valence-electron chi connectivity index (χ0n) is 10.4. The maximum atomic E-state index is 4.76. The van der Waals surface area contributed by atoms with Gasteiger partial charge in [-0.2, -0.15) is 0 Å². The number of hydrogen-bond acceptors (Lipinski definition) is 4. The van der Waals surface area contributed by atoms with E-state index in [9.17, 15) is 0 Å². The molecule has 1 N–H and O–H groups in total. The normalized spacial score (nSPS) is 18.9. The molecule has 2 heterocycles. The molecule has 0 bridgehead atoms. The predicted octanol–water partition coefficient (Wildman–Crippen LogP) is 4.62. The number of aromatic nitrogens is 1. The highest BCUT2D eigenvalue weighted by Crippen LogP contribution is 2.31. The van der Waals surface area contributed by atoms with Gasteiger partial charge in [-0.15, -0.1) is 23.1 Å². The first-order chi connectivity index (χ1) is 9.33. The molecule has 0 aliphatic carbocycles. The van der Waals surface area contributed by atoms with Gasteiger partial charge < -0.3 is 5.32 Å². The van der Waals surface area contributed by atoms with Crippen LogP contribution in [0, 0.1) is 0 Å². The Morgan fingerprint density at radius 2 is 2.32 bits per heavy atom. The molecule has 1 aliphatic heterocycles. The lowest BCUT2D eigenvalue weighted by Gasteiger charge is -2.05. The van der Waals surface area contributed by atoms with E-state index >= 15 is 0 Å². The number of nitrogens with one attached hydrogen (secondary N) is 1. The summed E-state index contributed by atoms with van der Waals surface area (Å²) in [6.45, 7) is 1.13. The zero-order valence-corrected chi connectivity index (χ0v) is 13.7. The number of thiazole rings is 1. The first-order valence-electron chi connectivity index (χ1n) is 6.38. The number of nitrogens with zero attached hydrogens (tertiary/aromatic N) is 1. The van der Waals surface area contributed by atoms with Crippen molar-refractivity contribution in [3.05, 3.63) is 44.8 Å². The van der Waals surface area contributed by atoms with Crippen LogP contribution in [0.25, 0.3) is 0 Å². The summed E-state index contributed by atoms with van der Waals surface area (Å²) >= 11 is 7.19.